The Morgan fingerprint density at radius 3 is 2.72 bits per heavy atom. The molecular formula is C22H31IN8O. The monoisotopic (exact) mass is 550 g/mol. The number of hydrogen-bond donors (Lipinski definition) is 2. The molecule has 2 aromatic heterocycles. The number of hydrogen-bond acceptors (Lipinski definition) is 5. The van der Waals surface area contributed by atoms with Gasteiger partial charge in [0.05, 0.1) is 30.6 Å². The van der Waals surface area contributed by atoms with Gasteiger partial charge in [0.1, 0.15) is 5.82 Å². The van der Waals surface area contributed by atoms with Gasteiger partial charge in [-0.2, -0.15) is 5.10 Å². The van der Waals surface area contributed by atoms with Crippen LogP contribution in [-0.4, -0.2) is 49.8 Å². The van der Waals surface area contributed by atoms with Crippen molar-refractivity contribution in [2.75, 3.05) is 13.2 Å². The van der Waals surface area contributed by atoms with Gasteiger partial charge in [-0.25, -0.2) is 9.67 Å². The Morgan fingerprint density at radius 1 is 1.19 bits per heavy atom. The predicted molar refractivity (Wildman–Crippen MR) is 134 cm³/mol. The zero-order valence-electron chi connectivity index (χ0n) is 18.8. The minimum absolute atomic E-state index is 0. The van der Waals surface area contributed by atoms with Gasteiger partial charge in [-0.1, -0.05) is 18.2 Å². The zero-order valence-corrected chi connectivity index (χ0v) is 21.1. The van der Waals surface area contributed by atoms with Gasteiger partial charge in [0, 0.05) is 26.4 Å². The second-order valence-corrected chi connectivity index (χ2v) is 7.79. The largest absolute Gasteiger partial charge is 0.376 e. The summed E-state index contributed by atoms with van der Waals surface area (Å²) < 4.78 is 9.62. The SMILES string of the molecule is Cc1ccn(-c2ccccc2CN=C(NCc2nnc(C)n2C)NCC2CCCO2)n1.I. The molecule has 3 heterocycles. The molecule has 0 saturated carbocycles. The van der Waals surface area contributed by atoms with Gasteiger partial charge in [0.2, 0.25) is 0 Å². The smallest absolute Gasteiger partial charge is 0.192 e. The lowest BCUT2D eigenvalue weighted by atomic mass is 10.2. The quantitative estimate of drug-likeness (QED) is 0.267. The van der Waals surface area contributed by atoms with Crippen molar-refractivity contribution < 1.29 is 4.74 Å². The van der Waals surface area contributed by atoms with E-state index in [0.717, 1.165) is 60.5 Å². The Bertz CT molecular complexity index is 1040. The summed E-state index contributed by atoms with van der Waals surface area (Å²) in [5, 5.41) is 19.7. The van der Waals surface area contributed by atoms with Crippen LogP contribution >= 0.6 is 24.0 Å². The van der Waals surface area contributed by atoms with Crippen molar-refractivity contribution in [3.63, 3.8) is 0 Å². The maximum absolute atomic E-state index is 5.75. The van der Waals surface area contributed by atoms with Crippen LogP contribution < -0.4 is 10.6 Å². The van der Waals surface area contributed by atoms with E-state index in [1.165, 1.54) is 0 Å². The number of para-hydroxylation sites is 1. The summed E-state index contributed by atoms with van der Waals surface area (Å²) in [5.74, 6) is 2.46. The van der Waals surface area contributed by atoms with Crippen LogP contribution in [0.1, 0.15) is 35.7 Å². The van der Waals surface area contributed by atoms with Crippen molar-refractivity contribution in [3.05, 3.63) is 59.4 Å². The van der Waals surface area contributed by atoms with Gasteiger partial charge in [0.25, 0.3) is 0 Å². The minimum Gasteiger partial charge on any atom is -0.376 e. The number of benzene rings is 1. The summed E-state index contributed by atoms with van der Waals surface area (Å²) in [7, 11) is 1.96. The molecule has 1 aliphatic rings. The van der Waals surface area contributed by atoms with Crippen LogP contribution in [0, 0.1) is 13.8 Å². The summed E-state index contributed by atoms with van der Waals surface area (Å²) in [6.07, 6.45) is 4.39. The van der Waals surface area contributed by atoms with E-state index in [4.69, 9.17) is 9.73 Å². The molecule has 9 nitrogen and oxygen atoms in total. The van der Waals surface area contributed by atoms with E-state index in [1.807, 2.05) is 54.5 Å². The Hall–Kier alpha value is -2.47. The molecule has 172 valence electrons. The average molecular weight is 550 g/mol. The number of nitrogens with one attached hydrogen (secondary N) is 2. The van der Waals surface area contributed by atoms with Gasteiger partial charge in [-0.3, -0.25) is 0 Å². The first-order valence-electron chi connectivity index (χ1n) is 10.7. The van der Waals surface area contributed by atoms with E-state index >= 15 is 0 Å². The second-order valence-electron chi connectivity index (χ2n) is 7.79. The molecule has 1 saturated heterocycles. The number of guanidine groups is 1. The molecule has 32 heavy (non-hydrogen) atoms. The summed E-state index contributed by atoms with van der Waals surface area (Å²) in [6.45, 7) is 6.55. The molecule has 2 N–H and O–H groups in total. The first-order chi connectivity index (χ1) is 15.1. The van der Waals surface area contributed by atoms with Crippen LogP contribution in [0.3, 0.4) is 0 Å². The summed E-state index contributed by atoms with van der Waals surface area (Å²) in [5.41, 5.74) is 3.11. The normalized spacial score (nSPS) is 16.1. The second kappa shape index (κ2) is 11.4. The molecule has 0 amide bonds. The third kappa shape index (κ3) is 6.06. The highest BCUT2D eigenvalue weighted by Crippen LogP contribution is 2.15. The fourth-order valence-corrected chi connectivity index (χ4v) is 3.54. The van der Waals surface area contributed by atoms with Gasteiger partial charge >= 0.3 is 0 Å². The number of aromatic nitrogens is 5. The van der Waals surface area contributed by atoms with Crippen LogP contribution in [0.25, 0.3) is 5.69 Å². The van der Waals surface area contributed by atoms with Crippen LogP contribution in [0.4, 0.5) is 0 Å². The molecule has 0 aliphatic carbocycles. The Balaban J connectivity index is 0.00000289. The molecule has 1 aromatic carbocycles. The zero-order chi connectivity index (χ0) is 21.6. The van der Waals surface area contributed by atoms with Crippen molar-refractivity contribution in [2.24, 2.45) is 12.0 Å². The van der Waals surface area contributed by atoms with Gasteiger partial charge < -0.3 is 19.9 Å². The highest BCUT2D eigenvalue weighted by atomic mass is 127. The molecule has 4 rings (SSSR count). The van der Waals surface area contributed by atoms with Crippen LogP contribution in [0.2, 0.25) is 0 Å². The number of nitrogens with zero attached hydrogens (tertiary/aromatic N) is 6. The molecule has 1 atom stereocenters. The van der Waals surface area contributed by atoms with Crippen LogP contribution in [-0.2, 0) is 24.9 Å². The maximum atomic E-state index is 5.75. The highest BCUT2D eigenvalue weighted by Gasteiger charge is 2.16. The van der Waals surface area contributed by atoms with Crippen molar-refractivity contribution in [1.82, 2.24) is 35.2 Å². The average Bonchev–Trinajstić information content (AvgIpc) is 3.52. The number of aliphatic imine (C=N–C) groups is 1. The molecule has 3 aromatic rings. The third-order valence-corrected chi connectivity index (χ3v) is 5.49. The van der Waals surface area contributed by atoms with Gasteiger partial charge in [0.15, 0.2) is 11.8 Å². The number of aryl methyl sites for hydroxylation is 2. The van der Waals surface area contributed by atoms with Gasteiger partial charge in [-0.15, -0.1) is 34.2 Å². The minimum atomic E-state index is 0. The lowest BCUT2D eigenvalue weighted by molar-refractivity contribution is 0.113. The van der Waals surface area contributed by atoms with Crippen molar-refractivity contribution in [2.45, 2.75) is 45.9 Å². The first-order valence-corrected chi connectivity index (χ1v) is 10.7. The summed E-state index contributed by atoms with van der Waals surface area (Å²) in [6, 6.07) is 10.2. The van der Waals surface area contributed by atoms with E-state index < -0.39 is 0 Å². The fraction of sp³-hybridized carbons (Fsp3) is 0.455. The topological polar surface area (TPSA) is 94.2 Å². The summed E-state index contributed by atoms with van der Waals surface area (Å²) >= 11 is 0. The van der Waals surface area contributed by atoms with E-state index in [2.05, 4.69) is 38.1 Å². The Kier molecular flexibility index (Phi) is 8.62. The molecule has 1 unspecified atom stereocenters. The molecule has 0 bridgehead atoms. The van der Waals surface area contributed by atoms with E-state index in [-0.39, 0.29) is 30.1 Å². The maximum Gasteiger partial charge on any atom is 0.192 e. The fourth-order valence-electron chi connectivity index (χ4n) is 3.54. The third-order valence-electron chi connectivity index (χ3n) is 5.49. The number of rotatable bonds is 7. The highest BCUT2D eigenvalue weighted by molar-refractivity contribution is 14.0. The predicted octanol–water partition coefficient (Wildman–Crippen LogP) is 2.65. The lowest BCUT2D eigenvalue weighted by Gasteiger charge is -2.16. The van der Waals surface area contributed by atoms with Gasteiger partial charge in [-0.05, 0) is 44.4 Å². The standard InChI is InChI=1S/C22H30N8O.HI/c1-16-10-11-30(28-16)20-9-5-4-7-18(20)13-23-22(24-14-19-8-6-12-31-19)25-15-21-27-26-17(2)29(21)3;/h4-5,7,9-11,19H,6,8,12-15H2,1-3H3,(H2,23,24,25);1H. The molecule has 1 aliphatic heterocycles. The molecular weight excluding hydrogens is 519 g/mol. The Labute approximate surface area is 205 Å². The number of halogens is 1. The Morgan fingerprint density at radius 2 is 2.03 bits per heavy atom. The first kappa shape index (κ1) is 24.2. The van der Waals surface area contributed by atoms with E-state index in [1.54, 1.807) is 0 Å². The summed E-state index contributed by atoms with van der Waals surface area (Å²) in [4.78, 5) is 4.84. The van der Waals surface area contributed by atoms with Crippen molar-refractivity contribution >= 4 is 29.9 Å². The van der Waals surface area contributed by atoms with Crippen LogP contribution in [0.5, 0.6) is 0 Å². The molecule has 10 heteroatoms. The van der Waals surface area contributed by atoms with E-state index in [0.29, 0.717) is 13.1 Å². The molecule has 0 spiro atoms. The molecule has 0 radical (unpaired) electrons. The van der Waals surface area contributed by atoms with Crippen LogP contribution in [0.15, 0.2) is 41.5 Å². The molecule has 1 fully saturated rings. The van der Waals surface area contributed by atoms with E-state index in [9.17, 15) is 0 Å². The lowest BCUT2D eigenvalue weighted by Crippen LogP contribution is -2.41. The van der Waals surface area contributed by atoms with Crippen molar-refractivity contribution in [1.29, 1.82) is 0 Å². The number of ether oxygens (including phenoxy) is 1. The van der Waals surface area contributed by atoms with Crippen molar-refractivity contribution in [3.8, 4) is 5.69 Å².